The Bertz CT molecular complexity index is 732. The van der Waals surface area contributed by atoms with E-state index in [0.717, 1.165) is 3.71 Å². The summed E-state index contributed by atoms with van der Waals surface area (Å²) in [6, 6.07) is 3.33. The first-order valence-electron chi connectivity index (χ1n) is 5.61. The van der Waals surface area contributed by atoms with Crippen molar-refractivity contribution in [3.63, 3.8) is 0 Å². The number of imidazole rings is 1. The van der Waals surface area contributed by atoms with E-state index in [1.165, 1.54) is 18.9 Å². The second-order valence-corrected chi connectivity index (χ2v) is 4.81. The number of hydrogen-bond donors (Lipinski definition) is 4. The van der Waals surface area contributed by atoms with Gasteiger partial charge in [-0.3, -0.25) is 9.78 Å². The van der Waals surface area contributed by atoms with Gasteiger partial charge in [0.2, 0.25) is 0 Å². The van der Waals surface area contributed by atoms with Crippen LogP contribution in [0.25, 0.3) is 11.2 Å². The summed E-state index contributed by atoms with van der Waals surface area (Å²) in [7, 11) is 0. The average molecular weight is 321 g/mol. The van der Waals surface area contributed by atoms with E-state index >= 15 is 0 Å². The lowest BCUT2D eigenvalue weighted by molar-refractivity contribution is 0.0936. The number of nitrogens with zero attached hydrogens (tertiary/aromatic N) is 5. The van der Waals surface area contributed by atoms with Gasteiger partial charge in [0.25, 0.3) is 5.91 Å². The number of anilines is 1. The van der Waals surface area contributed by atoms with Gasteiger partial charge in [0.15, 0.2) is 11.5 Å². The van der Waals surface area contributed by atoms with Crippen LogP contribution in [-0.2, 0) is 0 Å². The van der Waals surface area contributed by atoms with Gasteiger partial charge in [0.05, 0.1) is 11.9 Å². The maximum atomic E-state index is 11.1. The fraction of sp³-hybridized carbons (Fsp3) is 0. The number of carbonyl (C=O) groups excluding carboxylic acids is 1. The van der Waals surface area contributed by atoms with E-state index < -0.39 is 0 Å². The second-order valence-electron chi connectivity index (χ2n) is 3.70. The van der Waals surface area contributed by atoms with Crippen LogP contribution in [0.15, 0.2) is 37.2 Å². The van der Waals surface area contributed by atoms with Crippen LogP contribution in [0.1, 0.15) is 10.4 Å². The maximum absolute atomic E-state index is 11.1. The number of nitrogens with one attached hydrogen (secondary N) is 1. The molecular formula is C11H11N7OS2. The van der Waals surface area contributed by atoms with Gasteiger partial charge < -0.3 is 10.7 Å². The number of rotatable bonds is 1. The van der Waals surface area contributed by atoms with Gasteiger partial charge in [-0.05, 0) is 12.1 Å². The van der Waals surface area contributed by atoms with Crippen molar-refractivity contribution in [3.05, 3.63) is 42.7 Å². The van der Waals surface area contributed by atoms with Crippen molar-refractivity contribution in [2.75, 3.05) is 5.73 Å². The van der Waals surface area contributed by atoms with Crippen molar-refractivity contribution >= 4 is 48.5 Å². The van der Waals surface area contributed by atoms with Gasteiger partial charge in [0, 0.05) is 12.4 Å². The summed E-state index contributed by atoms with van der Waals surface area (Å²) in [6.07, 6.45) is 5.98. The van der Waals surface area contributed by atoms with Gasteiger partial charge >= 0.3 is 0 Å². The van der Waals surface area contributed by atoms with Crippen molar-refractivity contribution in [1.29, 1.82) is 0 Å². The molecule has 0 spiro atoms. The third kappa shape index (κ3) is 3.83. The molecule has 10 heteroatoms. The molecule has 1 amide bonds. The van der Waals surface area contributed by atoms with Crippen LogP contribution in [0.4, 0.5) is 5.82 Å². The second kappa shape index (κ2) is 6.90. The Morgan fingerprint density at radius 1 is 1.29 bits per heavy atom. The summed E-state index contributed by atoms with van der Waals surface area (Å²) in [4.78, 5) is 29.2. The number of nitrogens with two attached hydrogens (primary N) is 1. The van der Waals surface area contributed by atoms with E-state index in [0.29, 0.717) is 22.5 Å². The van der Waals surface area contributed by atoms with Gasteiger partial charge in [-0.2, -0.15) is 0 Å². The highest BCUT2D eigenvalue weighted by Gasteiger charge is 2.07. The minimum atomic E-state index is -0.287. The van der Waals surface area contributed by atoms with E-state index in [2.05, 4.69) is 50.5 Å². The van der Waals surface area contributed by atoms with Crippen molar-refractivity contribution in [1.82, 2.24) is 28.6 Å². The summed E-state index contributed by atoms with van der Waals surface area (Å²) < 4.78 is 0.914. The molecule has 3 aromatic heterocycles. The molecule has 0 aliphatic carbocycles. The van der Waals surface area contributed by atoms with Gasteiger partial charge in [-0.15, -0.1) is 0 Å². The largest absolute Gasteiger partial charge is 0.382 e. The smallest absolute Gasteiger partial charge is 0.275 e. The predicted molar refractivity (Wildman–Crippen MR) is 84.5 cm³/mol. The Labute approximate surface area is 130 Å². The number of carbonyl (C=O) groups is 1. The molecule has 0 aliphatic rings. The van der Waals surface area contributed by atoms with Crippen LogP contribution in [-0.4, -0.2) is 34.5 Å². The zero-order valence-electron chi connectivity index (χ0n) is 10.6. The Morgan fingerprint density at radius 3 is 2.71 bits per heavy atom. The number of aromatic amines is 1. The summed E-state index contributed by atoms with van der Waals surface area (Å²) in [5.41, 5.74) is 7.25. The zero-order chi connectivity index (χ0) is 15.2. The summed E-state index contributed by atoms with van der Waals surface area (Å²) >= 11 is 7.45. The summed E-state index contributed by atoms with van der Waals surface area (Å²) in [5.74, 6) is 0.146. The first-order valence-corrected chi connectivity index (χ1v) is 6.41. The van der Waals surface area contributed by atoms with Crippen LogP contribution in [0.3, 0.4) is 0 Å². The quantitative estimate of drug-likeness (QED) is 0.500. The highest BCUT2D eigenvalue weighted by Crippen LogP contribution is 2.09. The fourth-order valence-corrected chi connectivity index (χ4v) is 1.62. The number of fused-ring (bicyclic) bond motifs is 1. The minimum Gasteiger partial charge on any atom is -0.382 e. The molecule has 0 aliphatic heterocycles. The molecule has 8 nitrogen and oxygen atoms in total. The lowest BCUT2D eigenvalue weighted by Gasteiger charge is -2.05. The molecule has 0 radical (unpaired) electrons. The molecule has 0 saturated heterocycles. The standard InChI is InChI=1S/C6H6N2OS2.C5H5N5/c9-6(8(10)11)5-2-1-3-7-4-5;6-4-3-5(9-1-7-3)10-2-8-4/h1-4,10-11H;1-2H,(H3,6,7,8,9,10). The maximum Gasteiger partial charge on any atom is 0.275 e. The van der Waals surface area contributed by atoms with Crippen LogP contribution >= 0.6 is 25.6 Å². The normalized spacial score (nSPS) is 9.81. The molecule has 3 aromatic rings. The van der Waals surface area contributed by atoms with Crippen LogP contribution < -0.4 is 5.73 Å². The Morgan fingerprint density at radius 2 is 2.10 bits per heavy atom. The summed E-state index contributed by atoms with van der Waals surface area (Å²) in [6.45, 7) is 0. The molecule has 21 heavy (non-hydrogen) atoms. The molecule has 0 aromatic carbocycles. The van der Waals surface area contributed by atoms with Crippen molar-refractivity contribution < 1.29 is 4.79 Å². The highest BCUT2D eigenvalue weighted by molar-refractivity contribution is 7.94. The minimum absolute atomic E-state index is 0.287. The van der Waals surface area contributed by atoms with Gasteiger partial charge in [0.1, 0.15) is 11.8 Å². The third-order valence-corrected chi connectivity index (χ3v) is 2.71. The molecule has 0 saturated carbocycles. The van der Waals surface area contributed by atoms with Crippen LogP contribution in [0.5, 0.6) is 0 Å². The monoisotopic (exact) mass is 321 g/mol. The van der Waals surface area contributed by atoms with Gasteiger partial charge in [-0.1, -0.05) is 25.6 Å². The predicted octanol–water partition coefficient (Wildman–Crippen LogP) is 1.15. The number of amides is 1. The molecule has 0 fully saturated rings. The fourth-order valence-electron chi connectivity index (χ4n) is 1.39. The number of nitrogen functional groups attached to an aromatic ring is 1. The van der Waals surface area contributed by atoms with Crippen molar-refractivity contribution in [3.8, 4) is 0 Å². The molecule has 0 bridgehead atoms. The van der Waals surface area contributed by atoms with Crippen molar-refractivity contribution in [2.24, 2.45) is 0 Å². The highest BCUT2D eigenvalue weighted by atomic mass is 32.2. The number of thiol groups is 2. The molecule has 0 unspecified atom stereocenters. The van der Waals surface area contributed by atoms with E-state index in [4.69, 9.17) is 5.73 Å². The number of hydrogen-bond acceptors (Lipinski definition) is 8. The van der Waals surface area contributed by atoms with E-state index in [1.54, 1.807) is 18.3 Å². The van der Waals surface area contributed by atoms with E-state index in [-0.39, 0.29) is 5.91 Å². The van der Waals surface area contributed by atoms with Crippen LogP contribution in [0.2, 0.25) is 0 Å². The van der Waals surface area contributed by atoms with Gasteiger partial charge in [-0.25, -0.2) is 18.7 Å². The molecule has 3 N–H and O–H groups in total. The van der Waals surface area contributed by atoms with Crippen LogP contribution in [0, 0.1) is 0 Å². The lowest BCUT2D eigenvalue weighted by Crippen LogP contribution is -2.11. The average Bonchev–Trinajstić information content (AvgIpc) is 2.98. The zero-order valence-corrected chi connectivity index (χ0v) is 12.4. The lowest BCUT2D eigenvalue weighted by atomic mass is 10.3. The topological polar surface area (TPSA) is 114 Å². The Balaban J connectivity index is 0.000000154. The third-order valence-electron chi connectivity index (χ3n) is 2.34. The van der Waals surface area contributed by atoms with E-state index in [1.807, 2.05) is 0 Å². The molecule has 3 heterocycles. The SMILES string of the molecule is Nc1ncnc2nc[nH]c12.O=C(c1cccnc1)N(S)S. The first kappa shape index (κ1) is 15.1. The molecule has 108 valence electrons. The molecule has 0 atom stereocenters. The van der Waals surface area contributed by atoms with Crippen molar-refractivity contribution in [2.45, 2.75) is 0 Å². The first-order chi connectivity index (χ1) is 10.1. The number of pyridine rings is 1. The number of H-pyrrole nitrogens is 1. The Kier molecular flexibility index (Phi) is 4.95. The summed E-state index contributed by atoms with van der Waals surface area (Å²) in [5, 5.41) is 0. The Hall–Kier alpha value is -2.33. The molecular weight excluding hydrogens is 310 g/mol. The van der Waals surface area contributed by atoms with E-state index in [9.17, 15) is 4.79 Å². The molecule has 3 rings (SSSR count). The number of aromatic nitrogens is 5.